The Kier molecular flexibility index (Phi) is 5.94. The minimum Gasteiger partial charge on any atom is -0.465 e. The molecular formula is C21H18ClNO4. The summed E-state index contributed by atoms with van der Waals surface area (Å²) in [5.41, 5.74) is 1.67. The lowest BCUT2D eigenvalue weighted by atomic mass is 10.2. The number of nitrogens with one attached hydrogen (secondary N) is 1. The number of benzene rings is 2. The van der Waals surface area contributed by atoms with E-state index >= 15 is 0 Å². The van der Waals surface area contributed by atoms with Crippen molar-refractivity contribution < 1.29 is 18.7 Å². The van der Waals surface area contributed by atoms with Gasteiger partial charge in [-0.25, -0.2) is 4.79 Å². The number of halogens is 1. The maximum atomic E-state index is 12.2. The highest BCUT2D eigenvalue weighted by Crippen LogP contribution is 2.25. The number of amides is 1. The lowest BCUT2D eigenvalue weighted by molar-refractivity contribution is -0.116. The second-order valence-corrected chi connectivity index (χ2v) is 6.27. The van der Waals surface area contributed by atoms with Gasteiger partial charge in [0.2, 0.25) is 5.91 Å². The smallest absolute Gasteiger partial charge is 0.337 e. The molecule has 5 nitrogen and oxygen atoms in total. The van der Waals surface area contributed by atoms with Crippen molar-refractivity contribution in [2.24, 2.45) is 0 Å². The standard InChI is InChI=1S/C21H18ClNO4/c1-26-21(25)15-7-10-17(22)18(13-15)23-20(24)12-9-16-8-11-19(27-16)14-5-3-2-4-6-14/h2-8,10-11,13H,9,12H2,1H3,(H,23,24). The van der Waals surface area contributed by atoms with E-state index in [1.54, 1.807) is 6.07 Å². The van der Waals surface area contributed by atoms with Gasteiger partial charge in [0.1, 0.15) is 11.5 Å². The molecule has 0 bridgehead atoms. The Morgan fingerprint density at radius 3 is 2.59 bits per heavy atom. The summed E-state index contributed by atoms with van der Waals surface area (Å²) in [5.74, 6) is 0.765. The van der Waals surface area contributed by atoms with Crippen LogP contribution in [0.4, 0.5) is 5.69 Å². The minimum absolute atomic E-state index is 0.223. The zero-order valence-corrected chi connectivity index (χ0v) is 15.5. The van der Waals surface area contributed by atoms with Crippen LogP contribution >= 0.6 is 11.6 Å². The Balaban J connectivity index is 1.61. The van der Waals surface area contributed by atoms with Gasteiger partial charge in [-0.3, -0.25) is 4.79 Å². The molecule has 1 amide bonds. The number of anilines is 1. The summed E-state index contributed by atoms with van der Waals surface area (Å²) in [6.07, 6.45) is 0.674. The Morgan fingerprint density at radius 1 is 1.07 bits per heavy atom. The molecule has 0 radical (unpaired) electrons. The first kappa shape index (κ1) is 18.7. The molecule has 3 rings (SSSR count). The molecule has 0 atom stereocenters. The molecule has 1 aromatic heterocycles. The van der Waals surface area contributed by atoms with Crippen LogP contribution in [-0.2, 0) is 16.0 Å². The number of carbonyl (C=O) groups excluding carboxylic acids is 2. The molecule has 0 saturated heterocycles. The second-order valence-electron chi connectivity index (χ2n) is 5.87. The normalized spacial score (nSPS) is 10.4. The number of ether oxygens (including phenoxy) is 1. The third-order valence-electron chi connectivity index (χ3n) is 3.98. The zero-order chi connectivity index (χ0) is 19.2. The van der Waals surface area contributed by atoms with Crippen LogP contribution < -0.4 is 5.32 Å². The molecule has 0 aliphatic heterocycles. The molecule has 1 N–H and O–H groups in total. The van der Waals surface area contributed by atoms with Gasteiger partial charge in [-0.2, -0.15) is 0 Å². The summed E-state index contributed by atoms with van der Waals surface area (Å²) < 4.78 is 10.5. The van der Waals surface area contributed by atoms with Gasteiger partial charge in [0, 0.05) is 18.4 Å². The topological polar surface area (TPSA) is 68.5 Å². The molecule has 0 spiro atoms. The number of rotatable bonds is 6. The lowest BCUT2D eigenvalue weighted by Crippen LogP contribution is -2.13. The number of carbonyl (C=O) groups is 2. The molecule has 1 heterocycles. The molecular weight excluding hydrogens is 366 g/mol. The van der Waals surface area contributed by atoms with Crippen molar-refractivity contribution in [1.29, 1.82) is 0 Å². The van der Waals surface area contributed by atoms with E-state index in [1.165, 1.54) is 19.2 Å². The molecule has 2 aromatic carbocycles. The maximum Gasteiger partial charge on any atom is 0.337 e. The van der Waals surface area contributed by atoms with Crippen molar-refractivity contribution in [3.63, 3.8) is 0 Å². The Labute approximate surface area is 161 Å². The lowest BCUT2D eigenvalue weighted by Gasteiger charge is -2.08. The van der Waals surface area contributed by atoms with E-state index < -0.39 is 5.97 Å². The van der Waals surface area contributed by atoms with E-state index in [0.29, 0.717) is 22.7 Å². The quantitative estimate of drug-likeness (QED) is 0.611. The first-order valence-corrected chi connectivity index (χ1v) is 8.76. The summed E-state index contributed by atoms with van der Waals surface area (Å²) in [6, 6.07) is 18.1. The predicted molar refractivity (Wildman–Crippen MR) is 104 cm³/mol. The Hall–Kier alpha value is -3.05. The third-order valence-corrected chi connectivity index (χ3v) is 4.31. The monoisotopic (exact) mass is 383 g/mol. The van der Waals surface area contributed by atoms with E-state index in [2.05, 4.69) is 10.1 Å². The number of hydrogen-bond donors (Lipinski definition) is 1. The summed E-state index contributed by atoms with van der Waals surface area (Å²) in [5, 5.41) is 3.07. The second kappa shape index (κ2) is 8.56. The van der Waals surface area contributed by atoms with Crippen LogP contribution in [0.3, 0.4) is 0 Å². The average molecular weight is 384 g/mol. The molecule has 0 unspecified atom stereocenters. The van der Waals surface area contributed by atoms with Crippen LogP contribution in [0.5, 0.6) is 0 Å². The first-order valence-electron chi connectivity index (χ1n) is 8.38. The first-order chi connectivity index (χ1) is 13.1. The van der Waals surface area contributed by atoms with Gasteiger partial charge >= 0.3 is 5.97 Å². The van der Waals surface area contributed by atoms with Gasteiger partial charge in [0.15, 0.2) is 0 Å². The molecule has 6 heteroatoms. The number of methoxy groups -OCH3 is 1. The van der Waals surface area contributed by atoms with Gasteiger partial charge in [-0.1, -0.05) is 41.9 Å². The van der Waals surface area contributed by atoms with E-state index in [-0.39, 0.29) is 12.3 Å². The number of furan rings is 1. The molecule has 138 valence electrons. The van der Waals surface area contributed by atoms with Gasteiger partial charge < -0.3 is 14.5 Å². The Morgan fingerprint density at radius 2 is 1.85 bits per heavy atom. The van der Waals surface area contributed by atoms with Crippen LogP contribution in [0.25, 0.3) is 11.3 Å². The highest BCUT2D eigenvalue weighted by atomic mass is 35.5. The molecule has 0 aliphatic carbocycles. The molecule has 0 fully saturated rings. The van der Waals surface area contributed by atoms with E-state index in [9.17, 15) is 9.59 Å². The number of esters is 1. The van der Waals surface area contributed by atoms with Gasteiger partial charge in [-0.05, 0) is 30.3 Å². The fourth-order valence-electron chi connectivity index (χ4n) is 2.59. The third kappa shape index (κ3) is 4.77. The molecule has 0 saturated carbocycles. The molecule has 3 aromatic rings. The summed E-state index contributed by atoms with van der Waals surface area (Å²) in [7, 11) is 1.29. The fourth-order valence-corrected chi connectivity index (χ4v) is 2.75. The largest absolute Gasteiger partial charge is 0.465 e. The number of hydrogen-bond acceptors (Lipinski definition) is 4. The van der Waals surface area contributed by atoms with Crippen LogP contribution in [-0.4, -0.2) is 19.0 Å². The zero-order valence-electron chi connectivity index (χ0n) is 14.7. The minimum atomic E-state index is -0.494. The highest BCUT2D eigenvalue weighted by Gasteiger charge is 2.12. The van der Waals surface area contributed by atoms with Crippen LogP contribution in [0.1, 0.15) is 22.5 Å². The van der Waals surface area contributed by atoms with Gasteiger partial charge in [0.25, 0.3) is 0 Å². The molecule has 27 heavy (non-hydrogen) atoms. The van der Waals surface area contributed by atoms with Crippen LogP contribution in [0.15, 0.2) is 65.1 Å². The van der Waals surface area contributed by atoms with Crippen molar-refractivity contribution in [1.82, 2.24) is 0 Å². The van der Waals surface area contributed by atoms with Gasteiger partial charge in [0.05, 0.1) is 23.4 Å². The van der Waals surface area contributed by atoms with Gasteiger partial charge in [-0.15, -0.1) is 0 Å². The number of aryl methyl sites for hydroxylation is 1. The fraction of sp³-hybridized carbons (Fsp3) is 0.143. The highest BCUT2D eigenvalue weighted by molar-refractivity contribution is 6.33. The SMILES string of the molecule is COC(=O)c1ccc(Cl)c(NC(=O)CCc2ccc(-c3ccccc3)o2)c1. The van der Waals surface area contributed by atoms with Crippen molar-refractivity contribution in [2.75, 3.05) is 12.4 Å². The Bertz CT molecular complexity index is 950. The van der Waals surface area contributed by atoms with Crippen LogP contribution in [0.2, 0.25) is 5.02 Å². The van der Waals surface area contributed by atoms with Crippen LogP contribution in [0, 0.1) is 0 Å². The predicted octanol–water partition coefficient (Wildman–Crippen LogP) is 4.96. The van der Waals surface area contributed by atoms with Crippen molar-refractivity contribution in [2.45, 2.75) is 12.8 Å². The van der Waals surface area contributed by atoms with Crippen molar-refractivity contribution >= 4 is 29.2 Å². The van der Waals surface area contributed by atoms with E-state index in [1.807, 2.05) is 42.5 Å². The summed E-state index contributed by atoms with van der Waals surface area (Å²) in [6.45, 7) is 0. The maximum absolute atomic E-state index is 12.2. The van der Waals surface area contributed by atoms with Crippen molar-refractivity contribution in [3.05, 3.63) is 77.0 Å². The van der Waals surface area contributed by atoms with Crippen molar-refractivity contribution in [3.8, 4) is 11.3 Å². The van der Waals surface area contributed by atoms with E-state index in [4.69, 9.17) is 16.0 Å². The molecule has 0 aliphatic rings. The summed E-state index contributed by atoms with van der Waals surface area (Å²) >= 11 is 6.09. The van der Waals surface area contributed by atoms with E-state index in [0.717, 1.165) is 17.1 Å². The average Bonchev–Trinajstić information content (AvgIpc) is 3.17. The summed E-state index contributed by atoms with van der Waals surface area (Å²) in [4.78, 5) is 23.8.